The van der Waals surface area contributed by atoms with E-state index >= 15 is 0 Å². The molecule has 0 aliphatic rings. The lowest BCUT2D eigenvalue weighted by molar-refractivity contribution is -0.120. The number of carbonyl (C=O) groups excluding carboxylic acids is 2. The van der Waals surface area contributed by atoms with Gasteiger partial charge in [-0.25, -0.2) is 11.3 Å². The van der Waals surface area contributed by atoms with Crippen LogP contribution in [0.25, 0.3) is 0 Å². The zero-order valence-electron chi connectivity index (χ0n) is 9.74. The van der Waals surface area contributed by atoms with Gasteiger partial charge in [0.05, 0.1) is 0 Å². The summed E-state index contributed by atoms with van der Waals surface area (Å²) in [7, 11) is 0. The molecular formula is C11H13ClN4O2. The molecule has 6 nitrogen and oxygen atoms in total. The molecule has 0 heterocycles. The number of nitrogens with two attached hydrogens (primary N) is 1. The van der Waals surface area contributed by atoms with E-state index in [9.17, 15) is 9.59 Å². The predicted molar refractivity (Wildman–Crippen MR) is 68.8 cm³/mol. The molecule has 0 spiro atoms. The van der Waals surface area contributed by atoms with E-state index in [2.05, 4.69) is 10.5 Å². The van der Waals surface area contributed by atoms with Crippen LogP contribution in [-0.4, -0.2) is 17.5 Å². The third kappa shape index (κ3) is 3.83. The summed E-state index contributed by atoms with van der Waals surface area (Å²) in [6, 6.07) is 6.43. The zero-order chi connectivity index (χ0) is 13.5. The molecule has 18 heavy (non-hydrogen) atoms. The molecule has 0 saturated heterocycles. The predicted octanol–water partition coefficient (Wildman–Crippen LogP) is 0.560. The molecule has 0 atom stereocenters. The van der Waals surface area contributed by atoms with Crippen LogP contribution in [0.1, 0.15) is 18.9 Å². The number of hydrogen-bond donors (Lipinski definition) is 3. The van der Waals surface area contributed by atoms with Crippen molar-refractivity contribution in [3.8, 4) is 0 Å². The second-order valence-electron chi connectivity index (χ2n) is 3.33. The minimum atomic E-state index is -0.603. The highest BCUT2D eigenvalue weighted by molar-refractivity contribution is 6.45. The topological polar surface area (TPSA) is 96.6 Å². The third-order valence-corrected chi connectivity index (χ3v) is 2.33. The van der Waals surface area contributed by atoms with E-state index in [-0.39, 0.29) is 18.0 Å². The minimum absolute atomic E-state index is 0.0102. The van der Waals surface area contributed by atoms with Gasteiger partial charge >= 0.3 is 0 Å². The van der Waals surface area contributed by atoms with Crippen molar-refractivity contribution in [2.24, 2.45) is 10.9 Å². The highest BCUT2D eigenvalue weighted by Gasteiger charge is 2.13. The maximum absolute atomic E-state index is 11.5. The molecule has 7 heteroatoms. The van der Waals surface area contributed by atoms with Gasteiger partial charge in [-0.15, -0.1) is 0 Å². The molecule has 1 rings (SSSR count). The monoisotopic (exact) mass is 268 g/mol. The van der Waals surface area contributed by atoms with Gasteiger partial charge in [0, 0.05) is 17.0 Å². The van der Waals surface area contributed by atoms with Crippen molar-refractivity contribution in [3.05, 3.63) is 34.9 Å². The molecule has 0 aromatic heterocycles. The van der Waals surface area contributed by atoms with Gasteiger partial charge in [-0.05, 0) is 12.1 Å². The third-order valence-electron chi connectivity index (χ3n) is 2.08. The van der Waals surface area contributed by atoms with Gasteiger partial charge in [0.2, 0.25) is 5.91 Å². The second kappa shape index (κ2) is 6.73. The Hall–Kier alpha value is -1.92. The van der Waals surface area contributed by atoms with E-state index in [1.54, 1.807) is 31.2 Å². The highest BCUT2D eigenvalue weighted by atomic mass is 35.5. The van der Waals surface area contributed by atoms with E-state index in [0.29, 0.717) is 10.6 Å². The molecule has 4 N–H and O–H groups in total. The normalized spacial score (nSPS) is 10.9. The number of amides is 2. The Bertz CT molecular complexity index is 470. The molecule has 2 amide bonds. The number of nitrogens with zero attached hydrogens (tertiary/aromatic N) is 1. The summed E-state index contributed by atoms with van der Waals surface area (Å²) in [5.74, 6) is 4.16. The lowest BCUT2D eigenvalue weighted by Gasteiger charge is -2.05. The van der Waals surface area contributed by atoms with Crippen LogP contribution < -0.4 is 16.7 Å². The van der Waals surface area contributed by atoms with Gasteiger partial charge in [0.15, 0.2) is 5.71 Å². The number of hydrazine groups is 1. The summed E-state index contributed by atoms with van der Waals surface area (Å²) in [4.78, 5) is 22.7. The number of carbonyl (C=O) groups is 2. The average molecular weight is 269 g/mol. The van der Waals surface area contributed by atoms with Gasteiger partial charge < -0.3 is 0 Å². The van der Waals surface area contributed by atoms with E-state index < -0.39 is 5.91 Å². The van der Waals surface area contributed by atoms with Crippen molar-refractivity contribution < 1.29 is 9.59 Å². The molecule has 0 aliphatic carbocycles. The van der Waals surface area contributed by atoms with Gasteiger partial charge in [0.1, 0.15) is 0 Å². The van der Waals surface area contributed by atoms with E-state index in [1.165, 1.54) is 0 Å². The van der Waals surface area contributed by atoms with Crippen molar-refractivity contribution in [1.29, 1.82) is 0 Å². The van der Waals surface area contributed by atoms with Crippen LogP contribution in [-0.2, 0) is 9.59 Å². The summed E-state index contributed by atoms with van der Waals surface area (Å²) in [6.45, 7) is 1.68. The first kappa shape index (κ1) is 14.1. The SMILES string of the molecule is CCC(=O)NN=C(C(=O)NN)c1ccc(Cl)cc1. The lowest BCUT2D eigenvalue weighted by Crippen LogP contribution is -2.38. The van der Waals surface area contributed by atoms with Crippen LogP contribution in [0.2, 0.25) is 5.02 Å². The van der Waals surface area contributed by atoms with Crippen LogP contribution in [0.5, 0.6) is 0 Å². The zero-order valence-corrected chi connectivity index (χ0v) is 10.5. The Kier molecular flexibility index (Phi) is 5.29. The number of benzene rings is 1. The molecule has 1 aromatic rings. The summed E-state index contributed by atoms with van der Waals surface area (Å²) in [6.07, 6.45) is 0.266. The summed E-state index contributed by atoms with van der Waals surface area (Å²) in [5.41, 5.74) is 4.74. The van der Waals surface area contributed by atoms with Crippen LogP contribution in [0, 0.1) is 0 Å². The molecule has 0 unspecified atom stereocenters. The molecule has 1 aromatic carbocycles. The number of halogens is 1. The van der Waals surface area contributed by atoms with Gasteiger partial charge in [-0.2, -0.15) is 5.10 Å². The van der Waals surface area contributed by atoms with Crippen molar-refractivity contribution >= 4 is 29.1 Å². The van der Waals surface area contributed by atoms with Crippen molar-refractivity contribution in [2.45, 2.75) is 13.3 Å². The molecule has 0 aliphatic heterocycles. The maximum Gasteiger partial charge on any atom is 0.286 e. The maximum atomic E-state index is 11.5. The van der Waals surface area contributed by atoms with E-state index in [4.69, 9.17) is 17.4 Å². The summed E-state index contributed by atoms with van der Waals surface area (Å²) in [5, 5.41) is 4.28. The smallest absolute Gasteiger partial charge is 0.286 e. The van der Waals surface area contributed by atoms with Gasteiger partial charge in [-0.3, -0.25) is 15.0 Å². The Morgan fingerprint density at radius 2 is 1.94 bits per heavy atom. The summed E-state index contributed by atoms with van der Waals surface area (Å²) < 4.78 is 0. The quantitative estimate of drug-likeness (QED) is 0.322. The lowest BCUT2D eigenvalue weighted by atomic mass is 10.1. The van der Waals surface area contributed by atoms with Crippen molar-refractivity contribution in [1.82, 2.24) is 10.9 Å². The van der Waals surface area contributed by atoms with E-state index in [1.807, 2.05) is 5.43 Å². The standard InChI is InChI=1S/C11H13ClN4O2/c1-2-9(17)15-16-10(11(18)14-13)7-3-5-8(12)6-4-7/h3-6H,2,13H2,1H3,(H,14,18)(H,15,17). The fourth-order valence-corrected chi connectivity index (χ4v) is 1.25. The Labute approximate surface area is 109 Å². The first-order valence-electron chi connectivity index (χ1n) is 5.22. The van der Waals surface area contributed by atoms with Crippen LogP contribution >= 0.6 is 11.6 Å². The molecule has 96 valence electrons. The molecule has 0 saturated carbocycles. The minimum Gasteiger partial charge on any atom is -0.289 e. The highest BCUT2D eigenvalue weighted by Crippen LogP contribution is 2.10. The van der Waals surface area contributed by atoms with Crippen LogP contribution in [0.4, 0.5) is 0 Å². The summed E-state index contributed by atoms with van der Waals surface area (Å²) >= 11 is 5.74. The Morgan fingerprint density at radius 3 is 2.44 bits per heavy atom. The second-order valence-corrected chi connectivity index (χ2v) is 3.77. The Morgan fingerprint density at radius 1 is 1.33 bits per heavy atom. The molecule has 0 bridgehead atoms. The first-order valence-corrected chi connectivity index (χ1v) is 5.59. The van der Waals surface area contributed by atoms with E-state index in [0.717, 1.165) is 0 Å². The van der Waals surface area contributed by atoms with Gasteiger partial charge in [0.25, 0.3) is 5.91 Å². The Balaban J connectivity index is 3.01. The molecule has 0 radical (unpaired) electrons. The first-order chi connectivity index (χ1) is 8.58. The van der Waals surface area contributed by atoms with Crippen molar-refractivity contribution in [3.63, 3.8) is 0 Å². The van der Waals surface area contributed by atoms with Crippen LogP contribution in [0.15, 0.2) is 29.4 Å². The fraction of sp³-hybridized carbons (Fsp3) is 0.182. The van der Waals surface area contributed by atoms with Gasteiger partial charge in [-0.1, -0.05) is 30.7 Å². The average Bonchev–Trinajstić information content (AvgIpc) is 2.40. The molecule has 0 fully saturated rings. The number of nitrogens with one attached hydrogen (secondary N) is 2. The van der Waals surface area contributed by atoms with Crippen molar-refractivity contribution in [2.75, 3.05) is 0 Å². The number of hydrogen-bond acceptors (Lipinski definition) is 4. The fourth-order valence-electron chi connectivity index (χ4n) is 1.12. The largest absolute Gasteiger partial charge is 0.289 e. The number of hydrazone groups is 1. The number of rotatable bonds is 4. The van der Waals surface area contributed by atoms with Crippen LogP contribution in [0.3, 0.4) is 0 Å². The molecular weight excluding hydrogens is 256 g/mol.